The normalized spacial score (nSPS) is 19.5. The van der Waals surface area contributed by atoms with Gasteiger partial charge in [0, 0.05) is 18.9 Å². The van der Waals surface area contributed by atoms with Gasteiger partial charge in [-0.25, -0.2) is 4.98 Å². The molecule has 1 aliphatic rings. The van der Waals surface area contributed by atoms with Gasteiger partial charge >= 0.3 is 0 Å². The van der Waals surface area contributed by atoms with Crippen molar-refractivity contribution in [3.05, 3.63) is 48.4 Å². The molecule has 0 bridgehead atoms. The van der Waals surface area contributed by atoms with Crippen molar-refractivity contribution in [1.82, 2.24) is 4.98 Å². The molecule has 1 aliphatic carbocycles. The number of fused-ring (bicyclic) bond motifs is 1. The van der Waals surface area contributed by atoms with E-state index in [1.54, 1.807) is 29.6 Å². The first-order valence-electron chi connectivity index (χ1n) is 7.97. The van der Waals surface area contributed by atoms with Gasteiger partial charge in [0.25, 0.3) is 0 Å². The van der Waals surface area contributed by atoms with Crippen molar-refractivity contribution in [1.29, 1.82) is 0 Å². The number of anilines is 1. The number of thiazole rings is 1. The molecular formula is C18H18N2O3S. The van der Waals surface area contributed by atoms with E-state index in [-0.39, 0.29) is 17.7 Å². The Morgan fingerprint density at radius 1 is 1.38 bits per heavy atom. The average Bonchev–Trinajstić information content (AvgIpc) is 3.03. The minimum absolute atomic E-state index is 0.0278. The lowest BCUT2D eigenvalue weighted by molar-refractivity contribution is -0.120. The second-order valence-electron chi connectivity index (χ2n) is 5.91. The van der Waals surface area contributed by atoms with Crippen LogP contribution in [0.3, 0.4) is 0 Å². The molecular weight excluding hydrogens is 324 g/mol. The monoisotopic (exact) mass is 342 g/mol. The third kappa shape index (κ3) is 2.83. The number of rotatable bonds is 6. The van der Waals surface area contributed by atoms with Gasteiger partial charge in [0.15, 0.2) is 5.13 Å². The second-order valence-corrected chi connectivity index (χ2v) is 6.92. The van der Waals surface area contributed by atoms with Crippen LogP contribution in [0.2, 0.25) is 0 Å². The highest BCUT2D eigenvalue weighted by atomic mass is 32.1. The van der Waals surface area contributed by atoms with Gasteiger partial charge in [-0.05, 0) is 30.7 Å². The van der Waals surface area contributed by atoms with Gasteiger partial charge in [-0.2, -0.15) is 0 Å². The topological polar surface area (TPSA) is 55.6 Å². The number of hydrogen-bond acceptors (Lipinski definition) is 5. The van der Waals surface area contributed by atoms with E-state index in [0.717, 1.165) is 27.5 Å². The number of methoxy groups -OCH3 is 1. The number of benzene rings is 1. The summed E-state index contributed by atoms with van der Waals surface area (Å²) >= 11 is 1.54. The Balaban J connectivity index is 1.58. The van der Waals surface area contributed by atoms with E-state index < -0.39 is 0 Å². The van der Waals surface area contributed by atoms with E-state index in [0.29, 0.717) is 13.2 Å². The van der Waals surface area contributed by atoms with Gasteiger partial charge in [-0.1, -0.05) is 23.5 Å². The Kier molecular flexibility index (Phi) is 4.08. The molecule has 0 spiro atoms. The summed E-state index contributed by atoms with van der Waals surface area (Å²) < 4.78 is 11.7. The van der Waals surface area contributed by atoms with Gasteiger partial charge in [0.05, 0.1) is 29.6 Å². The van der Waals surface area contributed by atoms with Crippen LogP contribution in [0.5, 0.6) is 0 Å². The van der Waals surface area contributed by atoms with Crippen LogP contribution in [0.1, 0.15) is 18.1 Å². The number of furan rings is 1. The van der Waals surface area contributed by atoms with Gasteiger partial charge in [-0.15, -0.1) is 0 Å². The third-order valence-electron chi connectivity index (χ3n) is 4.31. The summed E-state index contributed by atoms with van der Waals surface area (Å²) in [6, 6.07) is 11.7. The van der Waals surface area contributed by atoms with Crippen LogP contribution in [0, 0.1) is 5.92 Å². The summed E-state index contributed by atoms with van der Waals surface area (Å²) in [6.45, 7) is 0.996. The minimum atomic E-state index is -0.0278. The van der Waals surface area contributed by atoms with Crippen molar-refractivity contribution < 1.29 is 13.9 Å². The zero-order valence-electron chi connectivity index (χ0n) is 13.3. The molecule has 3 aromatic rings. The number of carbonyl (C=O) groups excluding carboxylic acids is 1. The van der Waals surface area contributed by atoms with Crippen LogP contribution >= 0.6 is 11.3 Å². The summed E-state index contributed by atoms with van der Waals surface area (Å²) in [5.74, 6) is 1.16. The van der Waals surface area contributed by atoms with Crippen LogP contribution in [0.25, 0.3) is 10.2 Å². The number of carbonyl (C=O) groups is 1. The fourth-order valence-corrected chi connectivity index (χ4v) is 3.94. The molecule has 6 heteroatoms. The van der Waals surface area contributed by atoms with E-state index in [2.05, 4.69) is 4.98 Å². The molecule has 24 heavy (non-hydrogen) atoms. The molecule has 1 saturated carbocycles. The predicted octanol–water partition coefficient (Wildman–Crippen LogP) is 3.67. The zero-order valence-corrected chi connectivity index (χ0v) is 14.2. The number of hydrogen-bond donors (Lipinski definition) is 0. The largest absolute Gasteiger partial charge is 0.469 e. The van der Waals surface area contributed by atoms with E-state index in [1.807, 2.05) is 36.4 Å². The van der Waals surface area contributed by atoms with Crippen LogP contribution in [0.4, 0.5) is 5.13 Å². The summed E-state index contributed by atoms with van der Waals surface area (Å²) in [5.41, 5.74) is 0.922. The Morgan fingerprint density at radius 2 is 2.25 bits per heavy atom. The Labute approximate surface area is 143 Å². The van der Waals surface area contributed by atoms with Gasteiger partial charge in [0.1, 0.15) is 5.76 Å². The van der Waals surface area contributed by atoms with Crippen molar-refractivity contribution in [3.63, 3.8) is 0 Å². The lowest BCUT2D eigenvalue weighted by Crippen LogP contribution is -2.35. The maximum Gasteiger partial charge on any atom is 0.232 e. The number of para-hydroxylation sites is 1. The van der Waals surface area contributed by atoms with E-state index in [4.69, 9.17) is 9.15 Å². The van der Waals surface area contributed by atoms with Crippen molar-refractivity contribution in [2.24, 2.45) is 5.92 Å². The minimum Gasteiger partial charge on any atom is -0.469 e. The maximum absolute atomic E-state index is 13.0. The predicted molar refractivity (Wildman–Crippen MR) is 93.4 cm³/mol. The molecule has 4 rings (SSSR count). The zero-order chi connectivity index (χ0) is 16.5. The highest BCUT2D eigenvalue weighted by Gasteiger charge is 2.48. The second kappa shape index (κ2) is 6.37. The van der Waals surface area contributed by atoms with Crippen LogP contribution in [0.15, 0.2) is 47.1 Å². The molecule has 124 valence electrons. The number of aromatic nitrogens is 1. The smallest absolute Gasteiger partial charge is 0.232 e. The van der Waals surface area contributed by atoms with Crippen molar-refractivity contribution in [3.8, 4) is 0 Å². The molecule has 0 aliphatic heterocycles. The molecule has 2 heterocycles. The highest BCUT2D eigenvalue weighted by molar-refractivity contribution is 7.22. The summed E-state index contributed by atoms with van der Waals surface area (Å²) in [4.78, 5) is 19.4. The molecule has 0 radical (unpaired) electrons. The molecule has 5 nitrogen and oxygen atoms in total. The lowest BCUT2D eigenvalue weighted by atomic mass is 10.2. The van der Waals surface area contributed by atoms with E-state index >= 15 is 0 Å². The molecule has 2 aromatic heterocycles. The molecule has 0 saturated heterocycles. The Hall–Kier alpha value is -2.18. The molecule has 2 atom stereocenters. The van der Waals surface area contributed by atoms with E-state index in [9.17, 15) is 4.79 Å². The quantitative estimate of drug-likeness (QED) is 0.686. The van der Waals surface area contributed by atoms with Gasteiger partial charge in [-0.3, -0.25) is 9.69 Å². The first kappa shape index (κ1) is 15.4. The fourth-order valence-electron chi connectivity index (χ4n) is 2.94. The average molecular weight is 342 g/mol. The molecule has 0 N–H and O–H groups in total. The summed E-state index contributed by atoms with van der Waals surface area (Å²) in [5, 5.41) is 0.739. The van der Waals surface area contributed by atoms with Gasteiger partial charge < -0.3 is 9.15 Å². The van der Waals surface area contributed by atoms with Crippen LogP contribution in [-0.2, 0) is 9.53 Å². The first-order valence-corrected chi connectivity index (χ1v) is 8.79. The third-order valence-corrected chi connectivity index (χ3v) is 5.37. The number of ether oxygens (including phenoxy) is 1. The lowest BCUT2D eigenvalue weighted by Gasteiger charge is -2.19. The van der Waals surface area contributed by atoms with Crippen molar-refractivity contribution in [2.45, 2.75) is 12.3 Å². The Bertz CT molecular complexity index is 810. The number of nitrogens with zero attached hydrogens (tertiary/aromatic N) is 2. The van der Waals surface area contributed by atoms with Crippen LogP contribution in [-0.4, -0.2) is 31.2 Å². The van der Waals surface area contributed by atoms with E-state index in [1.165, 1.54) is 0 Å². The standard InChI is InChI=1S/C18H18N2O3S/c1-22-10-8-20(18-19-14-5-2-3-7-16(14)24-18)17(21)13-11-12(13)15-6-4-9-23-15/h2-7,9,12-13H,8,10-11H2,1H3/t12-,13+/m1/s1. The summed E-state index contributed by atoms with van der Waals surface area (Å²) in [6.07, 6.45) is 2.49. The number of amides is 1. The Morgan fingerprint density at radius 3 is 3.00 bits per heavy atom. The van der Waals surface area contributed by atoms with Gasteiger partial charge in [0.2, 0.25) is 5.91 Å². The van der Waals surface area contributed by atoms with Crippen molar-refractivity contribution >= 4 is 32.6 Å². The highest BCUT2D eigenvalue weighted by Crippen LogP contribution is 2.49. The molecule has 1 aromatic carbocycles. The van der Waals surface area contributed by atoms with Crippen molar-refractivity contribution in [2.75, 3.05) is 25.2 Å². The molecule has 0 unspecified atom stereocenters. The van der Waals surface area contributed by atoms with Crippen LogP contribution < -0.4 is 4.90 Å². The maximum atomic E-state index is 13.0. The summed E-state index contributed by atoms with van der Waals surface area (Å²) in [7, 11) is 1.64. The molecule has 1 fully saturated rings. The first-order chi connectivity index (χ1) is 11.8. The SMILES string of the molecule is COCCN(C(=O)[C@H]1C[C@H]1c1ccco1)c1nc2ccccc2s1. The fraction of sp³-hybridized carbons (Fsp3) is 0.333. The molecule has 1 amide bonds.